The maximum atomic E-state index is 13.7. The van der Waals surface area contributed by atoms with Gasteiger partial charge in [-0.1, -0.05) is 41.9 Å². The van der Waals surface area contributed by atoms with Gasteiger partial charge in [-0.15, -0.1) is 0 Å². The van der Waals surface area contributed by atoms with E-state index in [1.807, 2.05) is 48.5 Å². The first-order valence-corrected chi connectivity index (χ1v) is 14.9. The minimum Gasteiger partial charge on any atom is -0.497 e. The van der Waals surface area contributed by atoms with Crippen molar-refractivity contribution in [2.24, 2.45) is 5.41 Å². The Labute approximate surface area is 255 Å². The molecule has 0 atom stereocenters. The fourth-order valence-corrected chi connectivity index (χ4v) is 5.97. The lowest BCUT2D eigenvalue weighted by molar-refractivity contribution is -0.161. The number of pyridine rings is 1. The van der Waals surface area contributed by atoms with Crippen molar-refractivity contribution in [3.05, 3.63) is 101 Å². The lowest BCUT2D eigenvalue weighted by Crippen LogP contribution is -2.46. The Kier molecular flexibility index (Phi) is 10.1. The molecular formula is C34H35ClF2N2O4. The second-order valence-electron chi connectivity index (χ2n) is 11.0. The Morgan fingerprint density at radius 3 is 2.47 bits per heavy atom. The number of hydrogen-bond acceptors (Lipinski definition) is 6. The van der Waals surface area contributed by atoms with Crippen molar-refractivity contribution in [2.75, 3.05) is 33.4 Å². The van der Waals surface area contributed by atoms with E-state index in [1.54, 1.807) is 13.3 Å². The molecule has 1 aliphatic rings. The molecule has 1 aliphatic heterocycles. The average molecular weight is 609 g/mol. The molecule has 2 heterocycles. The smallest absolute Gasteiger partial charge is 0.312 e. The molecule has 226 valence electrons. The molecule has 0 bridgehead atoms. The van der Waals surface area contributed by atoms with Gasteiger partial charge in [-0.2, -0.15) is 0 Å². The predicted molar refractivity (Wildman–Crippen MR) is 162 cm³/mol. The van der Waals surface area contributed by atoms with Crippen LogP contribution in [0.3, 0.4) is 0 Å². The van der Waals surface area contributed by atoms with Crippen LogP contribution in [0.5, 0.6) is 11.5 Å². The van der Waals surface area contributed by atoms with Crippen LogP contribution in [0.2, 0.25) is 5.02 Å². The molecule has 0 spiro atoms. The van der Waals surface area contributed by atoms with E-state index in [0.717, 1.165) is 40.3 Å². The highest BCUT2D eigenvalue weighted by Crippen LogP contribution is 2.39. The lowest BCUT2D eigenvalue weighted by atomic mass is 9.74. The molecule has 4 aromatic rings. The SMILES string of the molecule is COc1ccc2ncc(Cl)c(CCCC3(C(=O)OCc4ccccc4)CCN(CCOc4cc(F)cc(F)c4)CC3)c2c1. The van der Waals surface area contributed by atoms with E-state index >= 15 is 0 Å². The van der Waals surface area contributed by atoms with Crippen LogP contribution in [0.1, 0.15) is 36.8 Å². The number of aryl methyl sites for hydroxylation is 1. The number of hydrogen-bond donors (Lipinski definition) is 0. The van der Waals surface area contributed by atoms with Crippen molar-refractivity contribution in [3.63, 3.8) is 0 Å². The quantitative estimate of drug-likeness (QED) is 0.156. The van der Waals surface area contributed by atoms with Crippen molar-refractivity contribution in [2.45, 2.75) is 38.7 Å². The van der Waals surface area contributed by atoms with Gasteiger partial charge in [0.25, 0.3) is 0 Å². The van der Waals surface area contributed by atoms with Crippen molar-refractivity contribution in [1.29, 1.82) is 0 Å². The Morgan fingerprint density at radius 1 is 1.00 bits per heavy atom. The van der Waals surface area contributed by atoms with E-state index in [4.69, 9.17) is 25.8 Å². The second-order valence-corrected chi connectivity index (χ2v) is 11.4. The molecule has 1 fully saturated rings. The van der Waals surface area contributed by atoms with E-state index < -0.39 is 17.0 Å². The van der Waals surface area contributed by atoms with Crippen LogP contribution in [-0.2, 0) is 22.6 Å². The molecule has 0 amide bonds. The number of halogens is 3. The molecule has 6 nitrogen and oxygen atoms in total. The van der Waals surface area contributed by atoms with Crippen molar-refractivity contribution in [1.82, 2.24) is 9.88 Å². The Balaban J connectivity index is 1.24. The maximum Gasteiger partial charge on any atom is 0.312 e. The number of aromatic nitrogens is 1. The molecule has 43 heavy (non-hydrogen) atoms. The van der Waals surface area contributed by atoms with Crippen LogP contribution in [0.25, 0.3) is 10.9 Å². The third kappa shape index (κ3) is 7.80. The highest BCUT2D eigenvalue weighted by molar-refractivity contribution is 6.32. The topological polar surface area (TPSA) is 60.9 Å². The number of nitrogens with zero attached hydrogens (tertiary/aromatic N) is 2. The van der Waals surface area contributed by atoms with E-state index in [1.165, 1.54) is 12.1 Å². The lowest BCUT2D eigenvalue weighted by Gasteiger charge is -2.40. The van der Waals surface area contributed by atoms with E-state index in [-0.39, 0.29) is 24.9 Å². The first-order chi connectivity index (χ1) is 20.8. The molecule has 1 saturated heterocycles. The molecule has 0 N–H and O–H groups in total. The largest absolute Gasteiger partial charge is 0.497 e. The summed E-state index contributed by atoms with van der Waals surface area (Å²) in [5, 5.41) is 1.54. The van der Waals surface area contributed by atoms with Gasteiger partial charge in [-0.05, 0) is 74.5 Å². The number of carbonyl (C=O) groups is 1. The van der Waals surface area contributed by atoms with E-state index in [9.17, 15) is 13.6 Å². The molecule has 1 aromatic heterocycles. The maximum absolute atomic E-state index is 13.7. The number of fused-ring (bicyclic) bond motifs is 1. The second kappa shape index (κ2) is 14.1. The van der Waals surface area contributed by atoms with Gasteiger partial charge >= 0.3 is 5.97 Å². The van der Waals surface area contributed by atoms with Gasteiger partial charge in [0.1, 0.15) is 36.3 Å². The molecule has 3 aromatic carbocycles. The summed E-state index contributed by atoms with van der Waals surface area (Å²) in [5.74, 6) is -0.639. The van der Waals surface area contributed by atoms with Gasteiger partial charge < -0.3 is 14.2 Å². The molecule has 0 saturated carbocycles. The van der Waals surface area contributed by atoms with Crippen LogP contribution in [0, 0.1) is 17.0 Å². The Morgan fingerprint density at radius 2 is 1.74 bits per heavy atom. The normalized spacial score (nSPS) is 14.9. The highest BCUT2D eigenvalue weighted by Gasteiger charge is 2.42. The Hall–Kier alpha value is -3.75. The van der Waals surface area contributed by atoms with Gasteiger partial charge in [-0.3, -0.25) is 14.7 Å². The molecule has 0 unspecified atom stereocenters. The number of likely N-dealkylation sites (tertiary alicyclic amines) is 1. The first kappa shape index (κ1) is 30.7. The van der Waals surface area contributed by atoms with Crippen LogP contribution in [-0.4, -0.2) is 49.2 Å². The fourth-order valence-electron chi connectivity index (χ4n) is 5.73. The molecule has 9 heteroatoms. The summed E-state index contributed by atoms with van der Waals surface area (Å²) in [6.45, 7) is 2.44. The number of benzene rings is 3. The molecule has 0 radical (unpaired) electrons. The van der Waals surface area contributed by atoms with Gasteiger partial charge in [-0.25, -0.2) is 8.78 Å². The molecule has 5 rings (SSSR count). The van der Waals surface area contributed by atoms with Crippen LogP contribution < -0.4 is 9.47 Å². The third-order valence-corrected chi connectivity index (χ3v) is 8.51. The number of esters is 1. The monoisotopic (exact) mass is 608 g/mol. The van der Waals surface area contributed by atoms with E-state index in [0.29, 0.717) is 50.3 Å². The number of carbonyl (C=O) groups excluding carboxylic acids is 1. The van der Waals surface area contributed by atoms with Gasteiger partial charge in [0.15, 0.2) is 0 Å². The van der Waals surface area contributed by atoms with Gasteiger partial charge in [0.2, 0.25) is 0 Å². The fraction of sp³-hybridized carbons (Fsp3) is 0.353. The van der Waals surface area contributed by atoms with Crippen molar-refractivity contribution >= 4 is 28.5 Å². The minimum absolute atomic E-state index is 0.160. The number of methoxy groups -OCH3 is 1. The van der Waals surface area contributed by atoms with Crippen LogP contribution >= 0.6 is 11.6 Å². The van der Waals surface area contributed by atoms with Gasteiger partial charge in [0.05, 0.1) is 23.1 Å². The zero-order valence-corrected chi connectivity index (χ0v) is 24.9. The molecule has 0 aliphatic carbocycles. The van der Waals surface area contributed by atoms with Crippen LogP contribution in [0.15, 0.2) is 72.9 Å². The number of rotatable bonds is 12. The summed E-state index contributed by atoms with van der Waals surface area (Å²) in [6.07, 6.45) is 5.01. The zero-order valence-electron chi connectivity index (χ0n) is 24.2. The van der Waals surface area contributed by atoms with Crippen molar-refractivity contribution < 1.29 is 27.8 Å². The number of piperidine rings is 1. The summed E-state index contributed by atoms with van der Waals surface area (Å²) in [4.78, 5) is 20.3. The average Bonchev–Trinajstić information content (AvgIpc) is 3.01. The summed E-state index contributed by atoms with van der Waals surface area (Å²) in [6, 6.07) is 18.6. The third-order valence-electron chi connectivity index (χ3n) is 8.19. The number of ether oxygens (including phenoxy) is 3. The summed E-state index contributed by atoms with van der Waals surface area (Å²) >= 11 is 6.61. The predicted octanol–water partition coefficient (Wildman–Crippen LogP) is 7.40. The molecular weight excluding hydrogens is 574 g/mol. The van der Waals surface area contributed by atoms with Crippen molar-refractivity contribution in [3.8, 4) is 11.5 Å². The summed E-state index contributed by atoms with van der Waals surface area (Å²) in [5.41, 5.74) is 2.14. The first-order valence-electron chi connectivity index (χ1n) is 14.5. The van der Waals surface area contributed by atoms with Crippen LogP contribution in [0.4, 0.5) is 8.78 Å². The summed E-state index contributed by atoms with van der Waals surface area (Å²) in [7, 11) is 1.63. The summed E-state index contributed by atoms with van der Waals surface area (Å²) < 4.78 is 43.9. The zero-order chi connectivity index (χ0) is 30.2. The minimum atomic E-state index is -0.674. The van der Waals surface area contributed by atoms with Gasteiger partial charge in [0, 0.05) is 36.3 Å². The standard InChI is InChI=1S/C34H35ClF2N2O4/c1-41-27-9-10-32-30(21-27)29(31(35)22-38-32)8-5-11-34(33(40)43-23-24-6-3-2-4-7-24)12-14-39(15-13-34)16-17-42-28-19-25(36)18-26(37)20-28/h2-4,6-7,9-10,18-22H,5,8,11-17,23H2,1H3. The Bertz CT molecular complexity index is 1520. The van der Waals surface area contributed by atoms with E-state index in [2.05, 4.69) is 9.88 Å². The highest BCUT2D eigenvalue weighted by atomic mass is 35.5.